The lowest BCUT2D eigenvalue weighted by Crippen LogP contribution is -2.60. The van der Waals surface area contributed by atoms with Crippen molar-refractivity contribution in [2.75, 3.05) is 19.6 Å². The molecule has 1 amide bonds. The first-order chi connectivity index (χ1) is 12.2. The Balaban J connectivity index is 1.31. The minimum Gasteiger partial charge on any atom is -0.445 e. The van der Waals surface area contributed by atoms with Crippen LogP contribution in [0, 0.1) is 5.41 Å². The molecule has 0 saturated carbocycles. The summed E-state index contributed by atoms with van der Waals surface area (Å²) in [5, 5.41) is 3.58. The molecule has 5 heteroatoms. The second kappa shape index (κ2) is 6.56. The Morgan fingerprint density at radius 2 is 2.00 bits per heavy atom. The number of nitrogens with zero attached hydrogens (tertiary/aromatic N) is 2. The van der Waals surface area contributed by atoms with Crippen molar-refractivity contribution in [1.29, 1.82) is 0 Å². The third-order valence-electron chi connectivity index (χ3n) is 5.68. The lowest BCUT2D eigenvalue weighted by Gasteiger charge is -2.54. The third-order valence-corrected chi connectivity index (χ3v) is 5.68. The minimum atomic E-state index is -0.192. The number of carbonyl (C=O) groups excluding carboxylic acids is 1. The van der Waals surface area contributed by atoms with Crippen LogP contribution < -0.4 is 5.32 Å². The van der Waals surface area contributed by atoms with Gasteiger partial charge in [-0.15, -0.1) is 0 Å². The van der Waals surface area contributed by atoms with Crippen LogP contribution in [0.3, 0.4) is 0 Å². The van der Waals surface area contributed by atoms with Crippen molar-refractivity contribution in [1.82, 2.24) is 14.8 Å². The highest BCUT2D eigenvalue weighted by Gasteiger charge is 2.49. The van der Waals surface area contributed by atoms with Crippen LogP contribution in [0.15, 0.2) is 48.8 Å². The van der Waals surface area contributed by atoms with Crippen LogP contribution in [0.1, 0.15) is 30.0 Å². The summed E-state index contributed by atoms with van der Waals surface area (Å²) >= 11 is 0. The zero-order valence-electron chi connectivity index (χ0n) is 14.6. The summed E-state index contributed by atoms with van der Waals surface area (Å²) in [6, 6.07) is 12.4. The molecule has 0 bridgehead atoms. The lowest BCUT2D eigenvalue weighted by molar-refractivity contribution is 0.0000889. The molecule has 1 aromatic heterocycles. The number of piperidine rings is 1. The number of nitrogens with one attached hydrogen (secondary N) is 1. The maximum atomic E-state index is 12.3. The number of carbonyl (C=O) groups is 1. The number of likely N-dealkylation sites (tertiary alicyclic amines) is 1. The Kier molecular flexibility index (Phi) is 4.25. The fraction of sp³-hybridized carbons (Fsp3) is 0.450. The van der Waals surface area contributed by atoms with Crippen molar-refractivity contribution in [3.63, 3.8) is 0 Å². The first kappa shape index (κ1) is 16.2. The molecule has 2 aliphatic rings. The Morgan fingerprint density at radius 3 is 2.60 bits per heavy atom. The molecule has 2 aromatic rings. The average Bonchev–Trinajstić information content (AvgIpc) is 3.05. The lowest BCUT2D eigenvalue weighted by atomic mass is 9.65. The van der Waals surface area contributed by atoms with Gasteiger partial charge in [0.1, 0.15) is 6.61 Å². The quantitative estimate of drug-likeness (QED) is 0.935. The number of aromatic nitrogens is 1. The van der Waals surface area contributed by atoms with Gasteiger partial charge in [-0.1, -0.05) is 30.3 Å². The van der Waals surface area contributed by atoms with Gasteiger partial charge in [-0.3, -0.25) is 0 Å². The topological polar surface area (TPSA) is 46.5 Å². The Morgan fingerprint density at radius 1 is 1.24 bits per heavy atom. The fourth-order valence-electron chi connectivity index (χ4n) is 4.07. The highest BCUT2D eigenvalue weighted by Crippen LogP contribution is 2.48. The Hall–Kier alpha value is -2.27. The largest absolute Gasteiger partial charge is 0.445 e. The Bertz CT molecular complexity index is 732. The van der Waals surface area contributed by atoms with Gasteiger partial charge < -0.3 is 19.5 Å². The molecule has 2 fully saturated rings. The summed E-state index contributed by atoms with van der Waals surface area (Å²) in [4.78, 5) is 14.2. The fourth-order valence-corrected chi connectivity index (χ4v) is 4.07. The van der Waals surface area contributed by atoms with E-state index in [-0.39, 0.29) is 11.5 Å². The van der Waals surface area contributed by atoms with E-state index in [0.29, 0.717) is 12.6 Å². The molecule has 0 radical (unpaired) electrons. The van der Waals surface area contributed by atoms with E-state index in [1.165, 1.54) is 5.56 Å². The predicted octanol–water partition coefficient (Wildman–Crippen LogP) is 3.09. The molecular weight excluding hydrogens is 314 g/mol. The van der Waals surface area contributed by atoms with Gasteiger partial charge in [0.25, 0.3) is 0 Å². The monoisotopic (exact) mass is 339 g/mol. The zero-order chi connectivity index (χ0) is 17.3. The van der Waals surface area contributed by atoms with Crippen molar-refractivity contribution in [3.8, 4) is 0 Å². The molecule has 1 aromatic carbocycles. The van der Waals surface area contributed by atoms with Gasteiger partial charge in [-0.2, -0.15) is 0 Å². The maximum absolute atomic E-state index is 12.3. The van der Waals surface area contributed by atoms with E-state index in [2.05, 4.69) is 35.4 Å². The van der Waals surface area contributed by atoms with Gasteiger partial charge in [0.15, 0.2) is 0 Å². The number of benzene rings is 1. The highest BCUT2D eigenvalue weighted by atomic mass is 16.6. The highest BCUT2D eigenvalue weighted by molar-refractivity contribution is 5.67. The van der Waals surface area contributed by atoms with Gasteiger partial charge in [0.2, 0.25) is 0 Å². The first-order valence-electron chi connectivity index (χ1n) is 8.97. The van der Waals surface area contributed by atoms with Gasteiger partial charge in [0, 0.05) is 50.5 Å². The van der Waals surface area contributed by atoms with Crippen LogP contribution in [-0.4, -0.2) is 35.2 Å². The van der Waals surface area contributed by atoms with Crippen LogP contribution >= 0.6 is 0 Å². The van der Waals surface area contributed by atoms with E-state index in [9.17, 15) is 4.79 Å². The van der Waals surface area contributed by atoms with Gasteiger partial charge in [-0.25, -0.2) is 4.79 Å². The van der Waals surface area contributed by atoms with Crippen LogP contribution in [0.2, 0.25) is 0 Å². The second-order valence-electron chi connectivity index (χ2n) is 7.31. The summed E-state index contributed by atoms with van der Waals surface area (Å²) in [7, 11) is 2.06. The van der Waals surface area contributed by atoms with E-state index in [1.54, 1.807) is 0 Å². The van der Waals surface area contributed by atoms with Crippen molar-refractivity contribution < 1.29 is 9.53 Å². The molecule has 1 spiro atoms. The standard InChI is InChI=1S/C20H25N3O2/c1-22-10-7-17(13-22)18-20(15-21-18)8-11-23(12-9-20)19(24)25-14-16-5-3-2-4-6-16/h2-7,10,13,18,21H,8-9,11-12,14-15H2,1H3/t18-/m0/s1. The smallest absolute Gasteiger partial charge is 0.410 e. The molecule has 132 valence electrons. The van der Waals surface area contributed by atoms with Gasteiger partial charge >= 0.3 is 6.09 Å². The van der Waals surface area contributed by atoms with Crippen molar-refractivity contribution in [2.45, 2.75) is 25.5 Å². The molecule has 1 N–H and O–H groups in total. The normalized spacial score (nSPS) is 21.8. The summed E-state index contributed by atoms with van der Waals surface area (Å²) in [5.74, 6) is 0. The molecule has 4 rings (SSSR count). The van der Waals surface area contributed by atoms with Gasteiger partial charge in [0.05, 0.1) is 0 Å². The van der Waals surface area contributed by atoms with Crippen molar-refractivity contribution in [3.05, 3.63) is 59.9 Å². The molecule has 2 aliphatic heterocycles. The zero-order valence-corrected chi connectivity index (χ0v) is 14.6. The van der Waals surface area contributed by atoms with Crippen LogP contribution in [0.4, 0.5) is 4.79 Å². The third kappa shape index (κ3) is 3.16. The van der Waals surface area contributed by atoms with Gasteiger partial charge in [-0.05, 0) is 30.0 Å². The summed E-state index contributed by atoms with van der Waals surface area (Å²) < 4.78 is 7.57. The van der Waals surface area contributed by atoms with E-state index in [0.717, 1.165) is 38.0 Å². The van der Waals surface area contributed by atoms with Crippen LogP contribution in [-0.2, 0) is 18.4 Å². The second-order valence-corrected chi connectivity index (χ2v) is 7.31. The van der Waals surface area contributed by atoms with Crippen molar-refractivity contribution >= 4 is 6.09 Å². The number of hydrogen-bond acceptors (Lipinski definition) is 3. The first-order valence-corrected chi connectivity index (χ1v) is 8.97. The summed E-state index contributed by atoms with van der Waals surface area (Å²) in [6.07, 6.45) is 6.15. The summed E-state index contributed by atoms with van der Waals surface area (Å²) in [5.41, 5.74) is 2.67. The number of hydrogen-bond donors (Lipinski definition) is 1. The average molecular weight is 339 g/mol. The predicted molar refractivity (Wildman–Crippen MR) is 96.0 cm³/mol. The van der Waals surface area contributed by atoms with E-state index < -0.39 is 0 Å². The maximum Gasteiger partial charge on any atom is 0.410 e. The molecule has 3 heterocycles. The molecule has 0 unspecified atom stereocenters. The number of ether oxygens (including phenoxy) is 1. The molecule has 5 nitrogen and oxygen atoms in total. The Labute approximate surface area is 148 Å². The van der Waals surface area contributed by atoms with Crippen LogP contribution in [0.25, 0.3) is 0 Å². The van der Waals surface area contributed by atoms with E-state index in [1.807, 2.05) is 35.2 Å². The van der Waals surface area contributed by atoms with Crippen molar-refractivity contribution in [2.24, 2.45) is 12.5 Å². The SMILES string of the molecule is Cn1ccc([C@@H]2NCC23CCN(C(=O)OCc2ccccc2)CC3)c1. The van der Waals surface area contributed by atoms with Crippen LogP contribution in [0.5, 0.6) is 0 Å². The summed E-state index contributed by atoms with van der Waals surface area (Å²) in [6.45, 7) is 2.94. The molecule has 0 aliphatic carbocycles. The van der Waals surface area contributed by atoms with E-state index >= 15 is 0 Å². The number of rotatable bonds is 3. The minimum absolute atomic E-state index is 0.192. The molecule has 2 saturated heterocycles. The molecule has 25 heavy (non-hydrogen) atoms. The van der Waals surface area contributed by atoms with E-state index in [4.69, 9.17) is 4.74 Å². The molecule has 1 atom stereocenters. The molecular formula is C20H25N3O2. The number of aryl methyl sites for hydroxylation is 1. The number of amides is 1.